The lowest BCUT2D eigenvalue weighted by atomic mass is 9.79. The molecule has 1 aliphatic rings. The van der Waals surface area contributed by atoms with Gasteiger partial charge in [-0.3, -0.25) is 4.79 Å². The van der Waals surface area contributed by atoms with E-state index in [1.165, 1.54) is 19.3 Å². The zero-order valence-corrected chi connectivity index (χ0v) is 10.3. The van der Waals surface area contributed by atoms with Gasteiger partial charge in [-0.25, -0.2) is 0 Å². The first-order valence-electron chi connectivity index (χ1n) is 6.36. The molecule has 1 atom stereocenters. The van der Waals surface area contributed by atoms with Crippen molar-refractivity contribution in [1.82, 2.24) is 0 Å². The summed E-state index contributed by atoms with van der Waals surface area (Å²) in [6.07, 6.45) is 6.59. The van der Waals surface area contributed by atoms with Crippen LogP contribution in [0.25, 0.3) is 0 Å². The Morgan fingerprint density at radius 2 is 1.87 bits per heavy atom. The molecule has 15 heavy (non-hydrogen) atoms. The molecule has 1 fully saturated rings. The van der Waals surface area contributed by atoms with Gasteiger partial charge in [-0.1, -0.05) is 27.2 Å². The Morgan fingerprint density at radius 1 is 1.27 bits per heavy atom. The van der Waals surface area contributed by atoms with Gasteiger partial charge >= 0.3 is 5.97 Å². The Morgan fingerprint density at radius 3 is 2.33 bits per heavy atom. The van der Waals surface area contributed by atoms with Crippen molar-refractivity contribution in [3.63, 3.8) is 0 Å². The second kappa shape index (κ2) is 6.14. The van der Waals surface area contributed by atoms with E-state index in [9.17, 15) is 4.79 Å². The van der Waals surface area contributed by atoms with Gasteiger partial charge in [-0.15, -0.1) is 0 Å². The Hall–Kier alpha value is -0.530. The number of ether oxygens (including phenoxy) is 1. The van der Waals surface area contributed by atoms with Crippen LogP contribution in [0.15, 0.2) is 0 Å². The van der Waals surface area contributed by atoms with Crippen LogP contribution < -0.4 is 0 Å². The van der Waals surface area contributed by atoms with Crippen molar-refractivity contribution in [1.29, 1.82) is 0 Å². The van der Waals surface area contributed by atoms with E-state index in [0.717, 1.165) is 24.7 Å². The average Bonchev–Trinajstić information content (AvgIpc) is 2.29. The standard InChI is InChI=1S/C13H24O2/c1-4-10(3)11-6-8-12(9-7-11)15-13(14)5-2/h10-12H,4-9H2,1-3H3/t10-,11?,12?/m1/s1. The third kappa shape index (κ3) is 3.84. The molecular formula is C13H24O2. The van der Waals surface area contributed by atoms with Crippen LogP contribution in [0.4, 0.5) is 0 Å². The normalized spacial score (nSPS) is 28.5. The van der Waals surface area contributed by atoms with E-state index in [2.05, 4.69) is 13.8 Å². The number of hydrogen-bond acceptors (Lipinski definition) is 2. The summed E-state index contributed by atoms with van der Waals surface area (Å²) in [5.41, 5.74) is 0. The number of hydrogen-bond donors (Lipinski definition) is 0. The van der Waals surface area contributed by atoms with Crippen LogP contribution in [0.3, 0.4) is 0 Å². The van der Waals surface area contributed by atoms with Gasteiger partial charge in [-0.2, -0.15) is 0 Å². The molecule has 2 heteroatoms. The average molecular weight is 212 g/mol. The smallest absolute Gasteiger partial charge is 0.305 e. The molecular weight excluding hydrogens is 188 g/mol. The van der Waals surface area contributed by atoms with E-state index in [4.69, 9.17) is 4.74 Å². The Bertz CT molecular complexity index is 193. The van der Waals surface area contributed by atoms with Crippen LogP contribution >= 0.6 is 0 Å². The van der Waals surface area contributed by atoms with E-state index in [0.29, 0.717) is 6.42 Å². The van der Waals surface area contributed by atoms with Gasteiger partial charge in [0, 0.05) is 6.42 Å². The molecule has 0 unspecified atom stereocenters. The molecule has 1 aliphatic carbocycles. The summed E-state index contributed by atoms with van der Waals surface area (Å²) in [5, 5.41) is 0. The molecule has 1 rings (SSSR count). The van der Waals surface area contributed by atoms with Gasteiger partial charge in [-0.05, 0) is 37.5 Å². The fourth-order valence-corrected chi connectivity index (χ4v) is 2.38. The van der Waals surface area contributed by atoms with Crippen molar-refractivity contribution in [3.8, 4) is 0 Å². The Balaban J connectivity index is 2.26. The Labute approximate surface area is 93.4 Å². The minimum Gasteiger partial charge on any atom is -0.462 e. The minimum atomic E-state index is -0.0398. The molecule has 0 radical (unpaired) electrons. The van der Waals surface area contributed by atoms with Gasteiger partial charge in [0.15, 0.2) is 0 Å². The van der Waals surface area contributed by atoms with Crippen LogP contribution in [0, 0.1) is 11.8 Å². The molecule has 0 aromatic heterocycles. The number of esters is 1. The van der Waals surface area contributed by atoms with E-state index in [1.54, 1.807) is 0 Å². The molecule has 88 valence electrons. The van der Waals surface area contributed by atoms with Gasteiger partial charge in [0.2, 0.25) is 0 Å². The largest absolute Gasteiger partial charge is 0.462 e. The van der Waals surface area contributed by atoms with E-state index in [-0.39, 0.29) is 12.1 Å². The Kier molecular flexibility index (Phi) is 5.13. The molecule has 2 nitrogen and oxygen atoms in total. The molecule has 0 aromatic carbocycles. The van der Waals surface area contributed by atoms with Gasteiger partial charge in [0.25, 0.3) is 0 Å². The highest BCUT2D eigenvalue weighted by molar-refractivity contribution is 5.69. The predicted molar refractivity (Wildman–Crippen MR) is 61.6 cm³/mol. The molecule has 0 aromatic rings. The predicted octanol–water partition coefficient (Wildman–Crippen LogP) is 3.54. The molecule has 0 heterocycles. The first-order chi connectivity index (χ1) is 7.17. The molecule has 0 saturated heterocycles. The third-order valence-corrected chi connectivity index (χ3v) is 3.75. The zero-order chi connectivity index (χ0) is 11.3. The topological polar surface area (TPSA) is 26.3 Å². The van der Waals surface area contributed by atoms with Gasteiger partial charge < -0.3 is 4.74 Å². The summed E-state index contributed by atoms with van der Waals surface area (Å²) in [4.78, 5) is 11.1. The van der Waals surface area contributed by atoms with Crippen LogP contribution in [0.5, 0.6) is 0 Å². The highest BCUT2D eigenvalue weighted by atomic mass is 16.5. The maximum absolute atomic E-state index is 11.1. The maximum atomic E-state index is 11.1. The number of rotatable bonds is 4. The van der Waals surface area contributed by atoms with Crippen LogP contribution in [-0.4, -0.2) is 12.1 Å². The van der Waals surface area contributed by atoms with Crippen molar-refractivity contribution in [2.75, 3.05) is 0 Å². The lowest BCUT2D eigenvalue weighted by molar-refractivity contribution is -0.150. The lowest BCUT2D eigenvalue weighted by Gasteiger charge is -2.31. The summed E-state index contributed by atoms with van der Waals surface area (Å²) in [6, 6.07) is 0. The molecule has 0 bridgehead atoms. The third-order valence-electron chi connectivity index (χ3n) is 3.75. The van der Waals surface area contributed by atoms with E-state index < -0.39 is 0 Å². The van der Waals surface area contributed by atoms with Crippen molar-refractivity contribution in [2.24, 2.45) is 11.8 Å². The maximum Gasteiger partial charge on any atom is 0.305 e. The van der Waals surface area contributed by atoms with E-state index >= 15 is 0 Å². The van der Waals surface area contributed by atoms with Crippen molar-refractivity contribution in [2.45, 2.75) is 65.4 Å². The van der Waals surface area contributed by atoms with E-state index in [1.807, 2.05) is 6.92 Å². The van der Waals surface area contributed by atoms with Crippen LogP contribution in [0.1, 0.15) is 59.3 Å². The molecule has 0 aliphatic heterocycles. The second-order valence-electron chi connectivity index (χ2n) is 4.77. The van der Waals surface area contributed by atoms with Crippen molar-refractivity contribution >= 4 is 5.97 Å². The summed E-state index contributed by atoms with van der Waals surface area (Å²) in [5.74, 6) is 1.64. The first-order valence-corrected chi connectivity index (χ1v) is 6.36. The number of carbonyl (C=O) groups excluding carboxylic acids is 1. The quantitative estimate of drug-likeness (QED) is 0.666. The van der Waals surface area contributed by atoms with Crippen molar-refractivity contribution < 1.29 is 9.53 Å². The fourth-order valence-electron chi connectivity index (χ4n) is 2.38. The van der Waals surface area contributed by atoms with Gasteiger partial charge in [0.05, 0.1) is 0 Å². The zero-order valence-electron chi connectivity index (χ0n) is 10.3. The summed E-state index contributed by atoms with van der Waals surface area (Å²) in [6.45, 7) is 6.45. The highest BCUT2D eigenvalue weighted by Crippen LogP contribution is 2.32. The molecule has 1 saturated carbocycles. The summed E-state index contributed by atoms with van der Waals surface area (Å²) >= 11 is 0. The van der Waals surface area contributed by atoms with Crippen LogP contribution in [0.2, 0.25) is 0 Å². The molecule has 0 amide bonds. The second-order valence-corrected chi connectivity index (χ2v) is 4.77. The summed E-state index contributed by atoms with van der Waals surface area (Å²) < 4.78 is 5.36. The molecule has 0 N–H and O–H groups in total. The monoisotopic (exact) mass is 212 g/mol. The lowest BCUT2D eigenvalue weighted by Crippen LogP contribution is -2.26. The fraction of sp³-hybridized carbons (Fsp3) is 0.923. The molecule has 0 spiro atoms. The first kappa shape index (κ1) is 12.5. The van der Waals surface area contributed by atoms with Crippen LogP contribution in [-0.2, 0) is 9.53 Å². The minimum absolute atomic E-state index is 0.0398. The number of carbonyl (C=O) groups is 1. The summed E-state index contributed by atoms with van der Waals surface area (Å²) in [7, 11) is 0. The SMILES string of the molecule is CCC(=O)OC1CCC([C@H](C)CC)CC1. The van der Waals surface area contributed by atoms with Gasteiger partial charge in [0.1, 0.15) is 6.10 Å². The highest BCUT2D eigenvalue weighted by Gasteiger charge is 2.25. The van der Waals surface area contributed by atoms with Crippen molar-refractivity contribution in [3.05, 3.63) is 0 Å².